The number of carbonyl (C=O) groups excluding carboxylic acids is 1. The fourth-order valence-electron chi connectivity index (χ4n) is 3.91. The van der Waals surface area contributed by atoms with Gasteiger partial charge in [0.05, 0.1) is 29.1 Å². The fourth-order valence-corrected chi connectivity index (χ4v) is 5.15. The van der Waals surface area contributed by atoms with Crippen molar-refractivity contribution >= 4 is 49.3 Å². The summed E-state index contributed by atoms with van der Waals surface area (Å²) in [5, 5.41) is 1.24. The van der Waals surface area contributed by atoms with E-state index in [1.807, 2.05) is 42.5 Å². The second-order valence-corrected chi connectivity index (χ2v) is 8.83. The largest absolute Gasteiger partial charge is 0.462 e. The minimum atomic E-state index is -0.466. The number of rotatable bonds is 4. The third-order valence-electron chi connectivity index (χ3n) is 5.36. The van der Waals surface area contributed by atoms with Crippen LogP contribution in [0.5, 0.6) is 0 Å². The van der Waals surface area contributed by atoms with Crippen LogP contribution in [-0.4, -0.2) is 27.1 Å². The number of hydrogen-bond donors (Lipinski definition) is 0. The molecule has 0 atom stereocenters. The quantitative estimate of drug-likeness (QED) is 0.307. The fraction of sp³-hybridized carbons (Fsp3) is 0.120. The third kappa shape index (κ3) is 3.59. The molecule has 164 valence electrons. The number of carbonyl (C=O) groups is 1. The van der Waals surface area contributed by atoms with Crippen molar-refractivity contribution in [3.05, 3.63) is 87.6 Å². The summed E-state index contributed by atoms with van der Waals surface area (Å²) in [5.74, 6) is -0.466. The van der Waals surface area contributed by atoms with Gasteiger partial charge in [-0.25, -0.2) is 14.8 Å². The van der Waals surface area contributed by atoms with Crippen LogP contribution in [0.15, 0.2) is 65.7 Å². The zero-order valence-electron chi connectivity index (χ0n) is 17.8. The van der Waals surface area contributed by atoms with Crippen LogP contribution >= 0.6 is 22.9 Å². The molecule has 0 amide bonds. The summed E-state index contributed by atoms with van der Waals surface area (Å²) < 4.78 is 7.33. The highest BCUT2D eigenvalue weighted by atomic mass is 35.5. The second kappa shape index (κ2) is 8.42. The van der Waals surface area contributed by atoms with Gasteiger partial charge in [0.1, 0.15) is 15.9 Å². The zero-order chi connectivity index (χ0) is 23.1. The van der Waals surface area contributed by atoms with Gasteiger partial charge < -0.3 is 4.74 Å². The highest BCUT2D eigenvalue weighted by Crippen LogP contribution is 2.40. The Morgan fingerprint density at radius 1 is 1.12 bits per heavy atom. The predicted octanol–water partition coefficient (Wildman–Crippen LogP) is 5.80. The van der Waals surface area contributed by atoms with Gasteiger partial charge in [-0.2, -0.15) is 0 Å². The number of esters is 1. The van der Waals surface area contributed by atoms with Crippen LogP contribution in [0.25, 0.3) is 37.2 Å². The van der Waals surface area contributed by atoms with Crippen LogP contribution in [0.2, 0.25) is 5.02 Å². The first-order valence-electron chi connectivity index (χ1n) is 10.3. The first-order chi connectivity index (χ1) is 16.0. The number of halogens is 1. The van der Waals surface area contributed by atoms with E-state index in [2.05, 4.69) is 9.97 Å². The summed E-state index contributed by atoms with van der Waals surface area (Å²) in [5.41, 5.74) is 3.35. The molecule has 0 fully saturated rings. The van der Waals surface area contributed by atoms with E-state index in [1.54, 1.807) is 26.0 Å². The Hall–Kier alpha value is -3.55. The van der Waals surface area contributed by atoms with Gasteiger partial charge in [-0.1, -0.05) is 41.9 Å². The number of hydrogen-bond acceptors (Lipinski definition) is 6. The molecule has 33 heavy (non-hydrogen) atoms. The van der Waals surface area contributed by atoms with E-state index in [0.717, 1.165) is 11.3 Å². The lowest BCUT2D eigenvalue weighted by molar-refractivity contribution is 0.0526. The van der Waals surface area contributed by atoms with Gasteiger partial charge in [0.2, 0.25) is 0 Å². The molecule has 0 unspecified atom stereocenters. The molecule has 3 heterocycles. The SMILES string of the molecule is CCOC(=O)c1c(C)nc2sc3c(=O)n(-c4ccccc4)cnc3c2c1-c1ccc(Cl)cc1. The van der Waals surface area contributed by atoms with Crippen LogP contribution in [0.3, 0.4) is 0 Å². The molecule has 0 aliphatic rings. The lowest BCUT2D eigenvalue weighted by Crippen LogP contribution is -2.17. The minimum Gasteiger partial charge on any atom is -0.462 e. The Kier molecular flexibility index (Phi) is 5.44. The molecule has 0 aliphatic heterocycles. The van der Waals surface area contributed by atoms with Gasteiger partial charge in [-0.3, -0.25) is 9.36 Å². The molecule has 6 nitrogen and oxygen atoms in total. The molecule has 0 N–H and O–H groups in total. The summed E-state index contributed by atoms with van der Waals surface area (Å²) in [6.45, 7) is 3.76. The number of aryl methyl sites for hydroxylation is 1. The van der Waals surface area contributed by atoms with Crippen molar-refractivity contribution in [3.8, 4) is 16.8 Å². The molecule has 0 saturated carbocycles. The van der Waals surface area contributed by atoms with Crippen molar-refractivity contribution in [2.45, 2.75) is 13.8 Å². The number of benzene rings is 2. The van der Waals surface area contributed by atoms with E-state index < -0.39 is 5.97 Å². The number of para-hydroxylation sites is 1. The third-order valence-corrected chi connectivity index (χ3v) is 6.67. The maximum atomic E-state index is 13.4. The normalized spacial score (nSPS) is 11.2. The van der Waals surface area contributed by atoms with Gasteiger partial charge in [0.25, 0.3) is 5.56 Å². The van der Waals surface area contributed by atoms with Crippen molar-refractivity contribution in [1.82, 2.24) is 14.5 Å². The number of nitrogens with zero attached hydrogens (tertiary/aromatic N) is 3. The zero-order valence-corrected chi connectivity index (χ0v) is 19.4. The van der Waals surface area contributed by atoms with Crippen molar-refractivity contribution < 1.29 is 9.53 Å². The average molecular weight is 476 g/mol. The predicted molar refractivity (Wildman–Crippen MR) is 132 cm³/mol. The maximum absolute atomic E-state index is 13.4. The molecule has 8 heteroatoms. The van der Waals surface area contributed by atoms with E-state index in [1.165, 1.54) is 22.2 Å². The molecule has 0 spiro atoms. The molecule has 3 aromatic heterocycles. The molecule has 0 aliphatic carbocycles. The van der Waals surface area contributed by atoms with E-state index in [4.69, 9.17) is 16.3 Å². The van der Waals surface area contributed by atoms with Gasteiger partial charge in [0, 0.05) is 16.0 Å². The highest BCUT2D eigenvalue weighted by molar-refractivity contribution is 7.25. The Bertz CT molecular complexity index is 1570. The van der Waals surface area contributed by atoms with E-state index in [9.17, 15) is 9.59 Å². The molecule has 5 rings (SSSR count). The van der Waals surface area contributed by atoms with Crippen molar-refractivity contribution in [2.24, 2.45) is 0 Å². The number of ether oxygens (including phenoxy) is 1. The molecular weight excluding hydrogens is 458 g/mol. The van der Waals surface area contributed by atoms with Crippen molar-refractivity contribution in [3.63, 3.8) is 0 Å². The number of thiophene rings is 1. The van der Waals surface area contributed by atoms with Gasteiger partial charge in [-0.15, -0.1) is 11.3 Å². The number of pyridine rings is 1. The van der Waals surface area contributed by atoms with Crippen molar-refractivity contribution in [1.29, 1.82) is 0 Å². The Morgan fingerprint density at radius 2 is 1.85 bits per heavy atom. The molecule has 0 radical (unpaired) electrons. The van der Waals surface area contributed by atoms with E-state index in [0.29, 0.717) is 42.3 Å². The maximum Gasteiger partial charge on any atom is 0.340 e. The first kappa shape index (κ1) is 21.3. The standard InChI is InChI=1S/C25H18ClN3O3S/c1-3-32-25(31)18-14(2)28-23-20(19(18)15-9-11-16(26)12-10-15)21-22(33-23)24(30)29(13-27-21)17-7-5-4-6-8-17/h4-13H,3H2,1-2H3. The summed E-state index contributed by atoms with van der Waals surface area (Å²) in [6.07, 6.45) is 1.52. The minimum absolute atomic E-state index is 0.188. The summed E-state index contributed by atoms with van der Waals surface area (Å²) in [6, 6.07) is 16.5. The van der Waals surface area contributed by atoms with E-state index in [-0.39, 0.29) is 12.2 Å². The summed E-state index contributed by atoms with van der Waals surface area (Å²) in [7, 11) is 0. The van der Waals surface area contributed by atoms with Crippen LogP contribution < -0.4 is 5.56 Å². The summed E-state index contributed by atoms with van der Waals surface area (Å²) >= 11 is 7.38. The van der Waals surface area contributed by atoms with Crippen LogP contribution in [0.1, 0.15) is 23.0 Å². The Labute approximate surface area is 198 Å². The Balaban J connectivity index is 1.89. The van der Waals surface area contributed by atoms with Gasteiger partial charge in [0.15, 0.2) is 0 Å². The average Bonchev–Trinajstić information content (AvgIpc) is 3.18. The van der Waals surface area contributed by atoms with Crippen LogP contribution in [0, 0.1) is 6.92 Å². The number of aromatic nitrogens is 3. The molecule has 0 bridgehead atoms. The molecule has 2 aromatic carbocycles. The van der Waals surface area contributed by atoms with Crippen LogP contribution in [0.4, 0.5) is 0 Å². The van der Waals surface area contributed by atoms with Crippen molar-refractivity contribution in [2.75, 3.05) is 6.61 Å². The Morgan fingerprint density at radius 3 is 2.55 bits per heavy atom. The van der Waals surface area contributed by atoms with Crippen LogP contribution in [-0.2, 0) is 4.74 Å². The lowest BCUT2D eigenvalue weighted by Gasteiger charge is -2.13. The first-order valence-corrected chi connectivity index (χ1v) is 11.5. The smallest absolute Gasteiger partial charge is 0.340 e. The highest BCUT2D eigenvalue weighted by Gasteiger charge is 2.25. The number of fused-ring (bicyclic) bond motifs is 3. The van der Waals surface area contributed by atoms with Gasteiger partial charge in [-0.05, 0) is 43.7 Å². The molecule has 0 saturated heterocycles. The van der Waals surface area contributed by atoms with Gasteiger partial charge >= 0.3 is 5.97 Å². The van der Waals surface area contributed by atoms with E-state index >= 15 is 0 Å². The second-order valence-electron chi connectivity index (χ2n) is 7.39. The molecular formula is C25H18ClN3O3S. The monoisotopic (exact) mass is 475 g/mol. The molecule has 5 aromatic rings. The summed E-state index contributed by atoms with van der Waals surface area (Å²) in [4.78, 5) is 36.3. The lowest BCUT2D eigenvalue weighted by atomic mass is 9.95. The topological polar surface area (TPSA) is 74.1 Å².